The fourth-order valence-electron chi connectivity index (χ4n) is 4.93. The minimum Gasteiger partial charge on any atom is -0.354 e. The van der Waals surface area contributed by atoms with Crippen molar-refractivity contribution in [2.24, 2.45) is 0 Å². The maximum absolute atomic E-state index is 12.8. The second-order valence-electron chi connectivity index (χ2n) is 8.71. The smallest absolute Gasteiger partial charge is 0.242 e. The Balaban J connectivity index is 1.27. The normalized spacial score (nSPS) is 18.9. The topological polar surface area (TPSA) is 80.1 Å². The average molecular weight is 456 g/mol. The Kier molecular flexibility index (Phi) is 7.84. The molecule has 1 aliphatic carbocycles. The number of rotatable bonds is 9. The monoisotopic (exact) mass is 455 g/mol. The van der Waals surface area contributed by atoms with Gasteiger partial charge in [0.25, 0.3) is 0 Å². The van der Waals surface area contributed by atoms with Crippen molar-refractivity contribution in [3.05, 3.63) is 41.7 Å². The van der Waals surface area contributed by atoms with Crippen molar-refractivity contribution >= 4 is 23.6 Å². The quantitative estimate of drug-likeness (QED) is 0.463. The van der Waals surface area contributed by atoms with Gasteiger partial charge in [-0.25, -0.2) is 0 Å². The number of hydrogen-bond donors (Lipinski definition) is 1. The van der Waals surface area contributed by atoms with Gasteiger partial charge < -0.3 is 14.8 Å². The van der Waals surface area contributed by atoms with E-state index in [4.69, 9.17) is 0 Å². The van der Waals surface area contributed by atoms with Gasteiger partial charge in [0, 0.05) is 25.6 Å². The molecule has 7 nitrogen and oxygen atoms in total. The lowest BCUT2D eigenvalue weighted by Gasteiger charge is -2.24. The van der Waals surface area contributed by atoms with E-state index in [1.165, 1.54) is 25.7 Å². The molecule has 1 saturated heterocycles. The summed E-state index contributed by atoms with van der Waals surface area (Å²) in [5, 5.41) is 12.8. The number of amides is 2. The van der Waals surface area contributed by atoms with Crippen LogP contribution in [0.4, 0.5) is 0 Å². The van der Waals surface area contributed by atoms with Crippen LogP contribution >= 0.6 is 11.8 Å². The van der Waals surface area contributed by atoms with Gasteiger partial charge in [-0.15, -0.1) is 10.2 Å². The fraction of sp³-hybridized carbons (Fsp3) is 0.583. The van der Waals surface area contributed by atoms with E-state index >= 15 is 0 Å². The van der Waals surface area contributed by atoms with Crippen LogP contribution in [-0.2, 0) is 22.4 Å². The number of aryl methyl sites for hydroxylation is 1. The maximum atomic E-state index is 12.8. The number of benzene rings is 1. The predicted octanol–water partition coefficient (Wildman–Crippen LogP) is 3.40. The molecule has 1 saturated carbocycles. The average Bonchev–Trinajstić information content (AvgIpc) is 3.57. The standard InChI is InChI=1S/C24H33N5O2S/c1-32-24-27-26-21(29(24)19-11-5-6-12-19)14-7-15-25-23(31)20-13-8-16-28(20)22(30)17-18-9-3-2-4-10-18/h2-4,9-10,19-20H,5-8,11-17H2,1H3,(H,25,31). The highest BCUT2D eigenvalue weighted by Crippen LogP contribution is 2.33. The lowest BCUT2D eigenvalue weighted by molar-refractivity contribution is -0.137. The summed E-state index contributed by atoms with van der Waals surface area (Å²) in [5.41, 5.74) is 0.986. The summed E-state index contributed by atoms with van der Waals surface area (Å²) in [7, 11) is 0. The number of aromatic nitrogens is 3. The van der Waals surface area contributed by atoms with Crippen molar-refractivity contribution in [2.45, 2.75) is 75.0 Å². The molecule has 2 aromatic rings. The van der Waals surface area contributed by atoms with Gasteiger partial charge in [-0.3, -0.25) is 9.59 Å². The van der Waals surface area contributed by atoms with E-state index in [2.05, 4.69) is 20.1 Å². The first-order valence-corrected chi connectivity index (χ1v) is 13.0. The third-order valence-corrected chi connectivity index (χ3v) is 7.20. The van der Waals surface area contributed by atoms with Gasteiger partial charge >= 0.3 is 0 Å². The van der Waals surface area contributed by atoms with E-state index in [-0.39, 0.29) is 17.9 Å². The second-order valence-corrected chi connectivity index (χ2v) is 9.49. The maximum Gasteiger partial charge on any atom is 0.242 e. The largest absolute Gasteiger partial charge is 0.354 e. The first-order valence-electron chi connectivity index (χ1n) is 11.8. The van der Waals surface area contributed by atoms with E-state index in [0.29, 0.717) is 25.6 Å². The zero-order valence-corrected chi connectivity index (χ0v) is 19.6. The van der Waals surface area contributed by atoms with Crippen LogP contribution in [0, 0.1) is 0 Å². The Morgan fingerprint density at radius 1 is 1.09 bits per heavy atom. The molecule has 4 rings (SSSR count). The first-order chi connectivity index (χ1) is 15.7. The molecule has 1 aliphatic heterocycles. The van der Waals surface area contributed by atoms with Crippen LogP contribution in [-0.4, -0.2) is 56.9 Å². The molecule has 172 valence electrons. The Morgan fingerprint density at radius 2 is 1.88 bits per heavy atom. The second kappa shape index (κ2) is 11.0. The summed E-state index contributed by atoms with van der Waals surface area (Å²) >= 11 is 1.65. The minimum absolute atomic E-state index is 0.0307. The summed E-state index contributed by atoms with van der Waals surface area (Å²) in [5.74, 6) is 1.02. The van der Waals surface area contributed by atoms with Gasteiger partial charge in [-0.05, 0) is 43.9 Å². The van der Waals surface area contributed by atoms with Crippen LogP contribution in [0.2, 0.25) is 0 Å². The first kappa shape index (κ1) is 22.8. The van der Waals surface area contributed by atoms with E-state index in [9.17, 15) is 9.59 Å². The summed E-state index contributed by atoms with van der Waals surface area (Å²) in [4.78, 5) is 27.3. The third kappa shape index (κ3) is 5.34. The molecule has 1 N–H and O–H groups in total. The highest BCUT2D eigenvalue weighted by Gasteiger charge is 2.33. The molecule has 0 radical (unpaired) electrons. The van der Waals surface area contributed by atoms with Crippen molar-refractivity contribution in [3.63, 3.8) is 0 Å². The van der Waals surface area contributed by atoms with E-state index in [1.807, 2.05) is 36.6 Å². The van der Waals surface area contributed by atoms with Gasteiger partial charge in [0.2, 0.25) is 11.8 Å². The molecule has 0 bridgehead atoms. The van der Waals surface area contributed by atoms with Crippen molar-refractivity contribution in [2.75, 3.05) is 19.3 Å². The van der Waals surface area contributed by atoms with Crippen LogP contribution in [0.25, 0.3) is 0 Å². The van der Waals surface area contributed by atoms with Gasteiger partial charge in [0.15, 0.2) is 5.16 Å². The number of thioether (sulfide) groups is 1. The number of carbonyl (C=O) groups is 2. The number of nitrogens with zero attached hydrogens (tertiary/aromatic N) is 4. The molecule has 2 fully saturated rings. The SMILES string of the molecule is CSc1nnc(CCCNC(=O)C2CCCN2C(=O)Cc2ccccc2)n1C1CCCC1. The number of hydrogen-bond acceptors (Lipinski definition) is 5. The molecular weight excluding hydrogens is 422 g/mol. The molecule has 8 heteroatoms. The van der Waals surface area contributed by atoms with E-state index in [1.54, 1.807) is 16.7 Å². The Hall–Kier alpha value is -2.35. The lowest BCUT2D eigenvalue weighted by atomic mass is 10.1. The molecule has 2 aliphatic rings. The summed E-state index contributed by atoms with van der Waals surface area (Å²) < 4.78 is 2.32. The van der Waals surface area contributed by atoms with Gasteiger partial charge in [-0.1, -0.05) is 54.9 Å². The van der Waals surface area contributed by atoms with E-state index in [0.717, 1.165) is 42.2 Å². The van der Waals surface area contributed by atoms with E-state index < -0.39 is 0 Å². The fourth-order valence-corrected chi connectivity index (χ4v) is 5.51. The Labute approximate surface area is 194 Å². The lowest BCUT2D eigenvalue weighted by Crippen LogP contribution is -2.46. The zero-order valence-electron chi connectivity index (χ0n) is 18.8. The molecule has 1 atom stereocenters. The van der Waals surface area contributed by atoms with Crippen molar-refractivity contribution in [1.82, 2.24) is 25.0 Å². The number of nitrogens with one attached hydrogen (secondary N) is 1. The number of likely N-dealkylation sites (tertiary alicyclic amines) is 1. The molecule has 1 aromatic carbocycles. The van der Waals surface area contributed by atoms with Crippen LogP contribution in [0.1, 0.15) is 62.4 Å². The van der Waals surface area contributed by atoms with Crippen molar-refractivity contribution in [3.8, 4) is 0 Å². The highest BCUT2D eigenvalue weighted by molar-refractivity contribution is 7.98. The Morgan fingerprint density at radius 3 is 2.62 bits per heavy atom. The summed E-state index contributed by atoms with van der Waals surface area (Å²) in [6.07, 6.45) is 10.6. The molecule has 2 heterocycles. The van der Waals surface area contributed by atoms with Crippen molar-refractivity contribution in [1.29, 1.82) is 0 Å². The molecular formula is C24H33N5O2S. The zero-order chi connectivity index (χ0) is 22.3. The van der Waals surface area contributed by atoms with Crippen LogP contribution in [0.3, 0.4) is 0 Å². The predicted molar refractivity (Wildman–Crippen MR) is 126 cm³/mol. The molecule has 1 unspecified atom stereocenters. The highest BCUT2D eigenvalue weighted by atomic mass is 32.2. The minimum atomic E-state index is -0.351. The van der Waals surface area contributed by atoms with Gasteiger partial charge in [0.1, 0.15) is 11.9 Å². The van der Waals surface area contributed by atoms with Crippen molar-refractivity contribution < 1.29 is 9.59 Å². The Bertz CT molecular complexity index is 910. The molecule has 1 aromatic heterocycles. The van der Waals surface area contributed by atoms with Crippen LogP contribution < -0.4 is 5.32 Å². The number of carbonyl (C=O) groups excluding carboxylic acids is 2. The van der Waals surface area contributed by atoms with Crippen LogP contribution in [0.15, 0.2) is 35.5 Å². The third-order valence-electron chi connectivity index (χ3n) is 6.56. The molecule has 2 amide bonds. The summed E-state index contributed by atoms with van der Waals surface area (Å²) in [6, 6.07) is 9.89. The molecule has 32 heavy (non-hydrogen) atoms. The van der Waals surface area contributed by atoms with Gasteiger partial charge in [0.05, 0.1) is 6.42 Å². The van der Waals surface area contributed by atoms with Crippen LogP contribution in [0.5, 0.6) is 0 Å². The summed E-state index contributed by atoms with van der Waals surface area (Å²) in [6.45, 7) is 1.24. The molecule has 0 spiro atoms. The van der Waals surface area contributed by atoms with Gasteiger partial charge in [-0.2, -0.15) is 0 Å².